The lowest BCUT2D eigenvalue weighted by atomic mass is 10.2. The highest BCUT2D eigenvalue weighted by molar-refractivity contribution is 7.89. The van der Waals surface area contributed by atoms with Gasteiger partial charge in [0.2, 0.25) is 10.0 Å². The average molecular weight is 303 g/mol. The Labute approximate surface area is 117 Å². The Hall–Kier alpha value is -1.13. The summed E-state index contributed by atoms with van der Waals surface area (Å²) in [5.74, 6) is 0. The summed E-state index contributed by atoms with van der Waals surface area (Å²) >= 11 is 5.86. The highest BCUT2D eigenvalue weighted by atomic mass is 35.5. The van der Waals surface area contributed by atoms with Gasteiger partial charge in [0.1, 0.15) is 4.90 Å². The number of nitrogens with one attached hydrogen (secondary N) is 1. The third-order valence-electron chi connectivity index (χ3n) is 2.50. The third-order valence-corrected chi connectivity index (χ3v) is 4.57. The number of halogens is 1. The van der Waals surface area contributed by atoms with Gasteiger partial charge in [0.05, 0.1) is 16.7 Å². The molecule has 19 heavy (non-hydrogen) atoms. The van der Waals surface area contributed by atoms with Crippen molar-refractivity contribution in [3.63, 3.8) is 0 Å². The Morgan fingerprint density at radius 1 is 1.53 bits per heavy atom. The predicted molar refractivity (Wildman–Crippen MR) is 72.3 cm³/mol. The molecule has 1 aromatic rings. The molecule has 0 heterocycles. The van der Waals surface area contributed by atoms with Crippen LogP contribution in [-0.2, 0) is 10.0 Å². The summed E-state index contributed by atoms with van der Waals surface area (Å²) in [6.07, 6.45) is 1.03. The molecule has 1 aromatic carbocycles. The number of aliphatic hydroxyl groups is 1. The molecular formula is C12H15ClN2O3S. The fraction of sp³-hybridized carbons (Fsp3) is 0.417. The molecule has 0 aliphatic rings. The molecule has 1 atom stereocenters. The Bertz CT molecular complexity index is 581. The van der Waals surface area contributed by atoms with Crippen LogP contribution in [0.15, 0.2) is 23.1 Å². The molecule has 0 aliphatic carbocycles. The fourth-order valence-corrected chi connectivity index (χ4v) is 3.37. The van der Waals surface area contributed by atoms with Crippen molar-refractivity contribution in [3.8, 4) is 6.07 Å². The molecule has 0 fully saturated rings. The van der Waals surface area contributed by atoms with Crippen molar-refractivity contribution < 1.29 is 13.5 Å². The zero-order chi connectivity index (χ0) is 14.5. The van der Waals surface area contributed by atoms with E-state index in [1.807, 2.05) is 6.07 Å². The van der Waals surface area contributed by atoms with Crippen LogP contribution >= 0.6 is 11.6 Å². The van der Waals surface area contributed by atoms with Gasteiger partial charge in [-0.15, -0.1) is 0 Å². The number of sulfonamides is 1. The second-order valence-corrected chi connectivity index (χ2v) is 6.23. The van der Waals surface area contributed by atoms with E-state index in [2.05, 4.69) is 4.72 Å². The first-order valence-corrected chi connectivity index (χ1v) is 7.59. The normalized spacial score (nSPS) is 12.9. The summed E-state index contributed by atoms with van der Waals surface area (Å²) in [6, 6.07) is 5.63. The first-order valence-electron chi connectivity index (χ1n) is 5.73. The number of hydrogen-bond donors (Lipinski definition) is 2. The van der Waals surface area contributed by atoms with Crippen molar-refractivity contribution in [1.29, 1.82) is 5.26 Å². The fourth-order valence-electron chi connectivity index (χ4n) is 1.56. The number of rotatable bonds is 6. The number of aliphatic hydroxyl groups excluding tert-OH is 1. The lowest BCUT2D eigenvalue weighted by Gasteiger charge is -2.14. The van der Waals surface area contributed by atoms with Crippen LogP contribution in [0.25, 0.3) is 0 Å². The zero-order valence-corrected chi connectivity index (χ0v) is 12.0. The van der Waals surface area contributed by atoms with Crippen LogP contribution in [0.2, 0.25) is 5.02 Å². The Kier molecular flexibility index (Phi) is 5.76. The minimum absolute atomic E-state index is 0.0107. The van der Waals surface area contributed by atoms with Crippen LogP contribution < -0.4 is 4.72 Å². The lowest BCUT2D eigenvalue weighted by Crippen LogP contribution is -2.33. The molecule has 0 aliphatic heterocycles. The number of hydrogen-bond acceptors (Lipinski definition) is 4. The summed E-state index contributed by atoms with van der Waals surface area (Å²) < 4.78 is 26.7. The SMILES string of the molecule is CC(CCCO)NS(=O)(=O)c1cc(C#N)ccc1Cl. The van der Waals surface area contributed by atoms with Gasteiger partial charge in [-0.3, -0.25) is 0 Å². The van der Waals surface area contributed by atoms with E-state index in [1.54, 1.807) is 6.92 Å². The molecule has 0 amide bonds. The molecule has 1 rings (SSSR count). The molecular weight excluding hydrogens is 288 g/mol. The molecule has 0 spiro atoms. The highest BCUT2D eigenvalue weighted by Gasteiger charge is 2.20. The highest BCUT2D eigenvalue weighted by Crippen LogP contribution is 2.22. The summed E-state index contributed by atoms with van der Waals surface area (Å²) in [4.78, 5) is -0.107. The minimum Gasteiger partial charge on any atom is -0.396 e. The van der Waals surface area contributed by atoms with Crippen LogP contribution in [0.4, 0.5) is 0 Å². The quantitative estimate of drug-likeness (QED) is 0.836. The van der Waals surface area contributed by atoms with Gasteiger partial charge in [0, 0.05) is 12.6 Å². The monoisotopic (exact) mass is 302 g/mol. The smallest absolute Gasteiger partial charge is 0.242 e. The van der Waals surface area contributed by atoms with Gasteiger partial charge in [-0.1, -0.05) is 11.6 Å². The maximum Gasteiger partial charge on any atom is 0.242 e. The predicted octanol–water partition coefficient (Wildman–Crippen LogP) is 1.65. The third kappa shape index (κ3) is 4.48. The topological polar surface area (TPSA) is 90.2 Å². The number of nitriles is 1. The van der Waals surface area contributed by atoms with E-state index in [-0.39, 0.29) is 28.1 Å². The average Bonchev–Trinajstić information content (AvgIpc) is 2.36. The van der Waals surface area contributed by atoms with Gasteiger partial charge in [-0.2, -0.15) is 5.26 Å². The second-order valence-electron chi connectivity index (χ2n) is 4.15. The van der Waals surface area contributed by atoms with Crippen molar-refractivity contribution in [1.82, 2.24) is 4.72 Å². The number of nitrogens with zero attached hydrogens (tertiary/aromatic N) is 1. The Morgan fingerprint density at radius 3 is 2.79 bits per heavy atom. The van der Waals surface area contributed by atoms with Gasteiger partial charge < -0.3 is 5.11 Å². The van der Waals surface area contributed by atoms with Crippen molar-refractivity contribution >= 4 is 21.6 Å². The molecule has 0 aromatic heterocycles. The summed E-state index contributed by atoms with van der Waals surface area (Å²) in [5, 5.41) is 17.6. The van der Waals surface area contributed by atoms with Crippen molar-refractivity contribution in [2.75, 3.05) is 6.61 Å². The minimum atomic E-state index is -3.77. The van der Waals surface area contributed by atoms with Crippen LogP contribution in [0, 0.1) is 11.3 Å². The van der Waals surface area contributed by atoms with Crippen LogP contribution in [0.1, 0.15) is 25.3 Å². The molecule has 2 N–H and O–H groups in total. The van der Waals surface area contributed by atoms with Gasteiger partial charge in [0.15, 0.2) is 0 Å². The summed E-state index contributed by atoms with van der Waals surface area (Å²) in [7, 11) is -3.77. The molecule has 0 radical (unpaired) electrons. The first-order chi connectivity index (χ1) is 8.90. The summed E-state index contributed by atoms with van der Waals surface area (Å²) in [6.45, 7) is 1.71. The second kappa shape index (κ2) is 6.87. The van der Waals surface area contributed by atoms with Crippen molar-refractivity contribution in [2.45, 2.75) is 30.7 Å². The van der Waals surface area contributed by atoms with E-state index in [0.717, 1.165) is 0 Å². The van der Waals surface area contributed by atoms with Crippen LogP contribution in [0.3, 0.4) is 0 Å². The van der Waals surface area contributed by atoms with Gasteiger partial charge in [-0.05, 0) is 38.0 Å². The Morgan fingerprint density at radius 2 is 2.21 bits per heavy atom. The molecule has 5 nitrogen and oxygen atoms in total. The van der Waals surface area contributed by atoms with Gasteiger partial charge in [0.25, 0.3) is 0 Å². The molecule has 1 unspecified atom stereocenters. The maximum atomic E-state index is 12.1. The summed E-state index contributed by atoms with van der Waals surface area (Å²) in [5.41, 5.74) is 0.229. The molecule has 0 saturated carbocycles. The largest absolute Gasteiger partial charge is 0.396 e. The van der Waals surface area contributed by atoms with E-state index in [0.29, 0.717) is 12.8 Å². The van der Waals surface area contributed by atoms with E-state index in [4.69, 9.17) is 22.0 Å². The first kappa shape index (κ1) is 15.9. The molecule has 0 bridgehead atoms. The van der Waals surface area contributed by atoms with E-state index < -0.39 is 10.0 Å². The molecule has 7 heteroatoms. The van der Waals surface area contributed by atoms with E-state index in [9.17, 15) is 8.42 Å². The number of benzene rings is 1. The van der Waals surface area contributed by atoms with Crippen LogP contribution in [0.5, 0.6) is 0 Å². The molecule has 104 valence electrons. The van der Waals surface area contributed by atoms with Gasteiger partial charge in [-0.25, -0.2) is 13.1 Å². The molecule has 0 saturated heterocycles. The maximum absolute atomic E-state index is 12.1. The van der Waals surface area contributed by atoms with Gasteiger partial charge >= 0.3 is 0 Å². The van der Waals surface area contributed by atoms with E-state index in [1.165, 1.54) is 18.2 Å². The van der Waals surface area contributed by atoms with E-state index >= 15 is 0 Å². The van der Waals surface area contributed by atoms with Crippen LogP contribution in [-0.4, -0.2) is 26.2 Å². The lowest BCUT2D eigenvalue weighted by molar-refractivity contribution is 0.279. The zero-order valence-electron chi connectivity index (χ0n) is 10.4. The van der Waals surface area contributed by atoms with Crippen molar-refractivity contribution in [2.24, 2.45) is 0 Å². The Balaban J connectivity index is 2.97. The standard InChI is InChI=1S/C12H15ClN2O3S/c1-9(3-2-6-16)15-19(17,18)12-7-10(8-14)4-5-11(12)13/h4-5,7,9,15-16H,2-3,6H2,1H3. The van der Waals surface area contributed by atoms with Crippen molar-refractivity contribution in [3.05, 3.63) is 28.8 Å².